The number of hydrogen-bond donors (Lipinski definition) is 0. The first-order valence-corrected chi connectivity index (χ1v) is 11.1. The van der Waals surface area contributed by atoms with Crippen LogP contribution in [0.2, 0.25) is 18.1 Å². The number of amides is 1. The molecule has 1 amide bonds. The molecule has 0 unspecified atom stereocenters. The summed E-state index contributed by atoms with van der Waals surface area (Å²) in [5.74, 6) is 1.16. The van der Waals surface area contributed by atoms with Gasteiger partial charge in [-0.1, -0.05) is 26.8 Å². The van der Waals surface area contributed by atoms with Gasteiger partial charge in [0.2, 0.25) is 8.32 Å². The van der Waals surface area contributed by atoms with Gasteiger partial charge in [0.15, 0.2) is 5.91 Å². The van der Waals surface area contributed by atoms with E-state index < -0.39 is 8.32 Å². The Balaban J connectivity index is 0.00000529. The zero-order valence-electron chi connectivity index (χ0n) is 16.7. The van der Waals surface area contributed by atoms with E-state index in [0.29, 0.717) is 30.2 Å². The van der Waals surface area contributed by atoms with Crippen molar-refractivity contribution in [1.29, 1.82) is 0 Å². The minimum Gasteiger partial charge on any atom is -0.587 e. The molecule has 0 atom stereocenters. The zero-order chi connectivity index (χ0) is 17.8. The van der Waals surface area contributed by atoms with Crippen LogP contribution in [0, 0.1) is 6.07 Å². The minimum atomic E-state index is -1.93. The van der Waals surface area contributed by atoms with Gasteiger partial charge < -0.3 is 18.9 Å². The molecule has 1 aromatic carbocycles. The fourth-order valence-electron chi connectivity index (χ4n) is 1.96. The average molecular weight is 343 g/mol. The molecular formula is C18H30LiNO3Si. The fraction of sp³-hybridized carbons (Fsp3) is 0.611. The zero-order valence-corrected chi connectivity index (χ0v) is 17.7. The van der Waals surface area contributed by atoms with E-state index in [1.807, 2.05) is 13.8 Å². The van der Waals surface area contributed by atoms with Crippen molar-refractivity contribution in [3.8, 4) is 11.5 Å². The summed E-state index contributed by atoms with van der Waals surface area (Å²) >= 11 is 0. The monoisotopic (exact) mass is 343 g/mol. The standard InChI is InChI=1S/C18H30NO3Si.Li/c1-9-19(10-2)17(20)15-12-11-14(13-16(15)21-6)22-23(7,8)18(3,4)5;/h11,13H,9-10H2,1-8H3;/q-1;+1. The summed E-state index contributed by atoms with van der Waals surface area (Å²) in [6, 6.07) is 6.61. The molecule has 130 valence electrons. The quantitative estimate of drug-likeness (QED) is 0.578. The van der Waals surface area contributed by atoms with E-state index in [1.165, 1.54) is 0 Å². The molecule has 0 saturated heterocycles. The van der Waals surface area contributed by atoms with Gasteiger partial charge in [0.25, 0.3) is 0 Å². The third kappa shape index (κ3) is 5.30. The summed E-state index contributed by atoms with van der Waals surface area (Å²) in [6.07, 6.45) is 0. The molecule has 0 heterocycles. The van der Waals surface area contributed by atoms with Crippen molar-refractivity contribution in [2.24, 2.45) is 0 Å². The van der Waals surface area contributed by atoms with Crippen LogP contribution in [-0.4, -0.2) is 39.3 Å². The number of carbonyl (C=O) groups is 1. The number of rotatable bonds is 6. The average Bonchev–Trinajstić information content (AvgIpc) is 2.46. The summed E-state index contributed by atoms with van der Waals surface area (Å²) in [4.78, 5) is 14.3. The SMILES string of the molecule is CCN(CC)C(=O)c1[c-]cc(O[Si](C)(C)C(C)(C)C)cc1OC.[Li+]. The Morgan fingerprint density at radius 3 is 2.21 bits per heavy atom. The van der Waals surface area contributed by atoms with Gasteiger partial charge in [-0.2, -0.15) is 0 Å². The van der Waals surface area contributed by atoms with E-state index in [-0.39, 0.29) is 29.8 Å². The Kier molecular flexibility index (Phi) is 8.65. The van der Waals surface area contributed by atoms with E-state index in [2.05, 4.69) is 39.9 Å². The maximum absolute atomic E-state index is 12.5. The molecule has 1 aromatic rings. The Hall–Kier alpha value is -0.896. The second-order valence-corrected chi connectivity index (χ2v) is 11.8. The first-order chi connectivity index (χ1) is 10.6. The molecule has 0 fully saturated rings. The maximum atomic E-state index is 12.5. The number of carbonyl (C=O) groups excluding carboxylic acids is 1. The van der Waals surface area contributed by atoms with Crippen LogP contribution >= 0.6 is 0 Å². The molecule has 0 aliphatic carbocycles. The Morgan fingerprint density at radius 2 is 1.79 bits per heavy atom. The number of methoxy groups -OCH3 is 1. The van der Waals surface area contributed by atoms with Crippen LogP contribution < -0.4 is 28.0 Å². The summed E-state index contributed by atoms with van der Waals surface area (Å²) in [6.45, 7) is 16.2. The Labute approximate surface area is 160 Å². The van der Waals surface area contributed by atoms with Crippen LogP contribution in [0.5, 0.6) is 11.5 Å². The molecule has 0 spiro atoms. The van der Waals surface area contributed by atoms with Crippen molar-refractivity contribution in [2.75, 3.05) is 20.2 Å². The number of nitrogens with zero attached hydrogens (tertiary/aromatic N) is 1. The molecule has 0 aromatic heterocycles. The van der Waals surface area contributed by atoms with Crippen LogP contribution in [-0.2, 0) is 0 Å². The first-order valence-electron chi connectivity index (χ1n) is 8.15. The van der Waals surface area contributed by atoms with Crippen molar-refractivity contribution < 1.29 is 32.8 Å². The smallest absolute Gasteiger partial charge is 0.587 e. The van der Waals surface area contributed by atoms with Gasteiger partial charge in [-0.15, -0.1) is 12.1 Å². The van der Waals surface area contributed by atoms with Crippen LogP contribution in [0.15, 0.2) is 12.1 Å². The third-order valence-electron chi connectivity index (χ3n) is 4.54. The van der Waals surface area contributed by atoms with E-state index in [1.54, 1.807) is 24.1 Å². The topological polar surface area (TPSA) is 38.8 Å². The normalized spacial score (nSPS) is 11.5. The number of benzene rings is 1. The second-order valence-electron chi connectivity index (χ2n) is 7.12. The van der Waals surface area contributed by atoms with Gasteiger partial charge >= 0.3 is 18.9 Å². The van der Waals surface area contributed by atoms with Crippen molar-refractivity contribution in [2.45, 2.75) is 52.8 Å². The first kappa shape index (κ1) is 23.1. The van der Waals surface area contributed by atoms with Crippen molar-refractivity contribution in [3.63, 3.8) is 0 Å². The van der Waals surface area contributed by atoms with E-state index in [9.17, 15) is 4.79 Å². The van der Waals surface area contributed by atoms with Gasteiger partial charge in [-0.25, -0.2) is 0 Å². The molecule has 6 heteroatoms. The summed E-state index contributed by atoms with van der Waals surface area (Å²) in [7, 11) is -0.365. The summed E-state index contributed by atoms with van der Waals surface area (Å²) in [5.41, 5.74) is 0.457. The van der Waals surface area contributed by atoms with Crippen LogP contribution in [0.25, 0.3) is 0 Å². The molecule has 0 N–H and O–H groups in total. The molecular weight excluding hydrogens is 313 g/mol. The second kappa shape index (κ2) is 8.98. The number of hydrogen-bond acceptors (Lipinski definition) is 3. The van der Waals surface area contributed by atoms with Crippen LogP contribution in [0.1, 0.15) is 45.0 Å². The van der Waals surface area contributed by atoms with Crippen LogP contribution in [0.4, 0.5) is 0 Å². The summed E-state index contributed by atoms with van der Waals surface area (Å²) in [5, 5.41) is 0.107. The van der Waals surface area contributed by atoms with Gasteiger partial charge in [-0.3, -0.25) is 0 Å². The molecule has 0 radical (unpaired) electrons. The van der Waals surface area contributed by atoms with Crippen molar-refractivity contribution >= 4 is 14.2 Å². The Bertz CT molecular complexity index is 552. The molecule has 0 aliphatic heterocycles. The molecule has 1 rings (SSSR count). The number of ether oxygens (including phenoxy) is 1. The molecule has 0 bridgehead atoms. The molecule has 0 saturated carbocycles. The van der Waals surface area contributed by atoms with Gasteiger partial charge in [-0.05, 0) is 37.5 Å². The third-order valence-corrected chi connectivity index (χ3v) is 8.90. The molecule has 0 aliphatic rings. The molecule has 4 nitrogen and oxygen atoms in total. The van der Waals surface area contributed by atoms with Crippen LogP contribution in [0.3, 0.4) is 0 Å². The largest absolute Gasteiger partial charge is 1.00 e. The van der Waals surface area contributed by atoms with E-state index in [0.717, 1.165) is 0 Å². The van der Waals surface area contributed by atoms with E-state index >= 15 is 0 Å². The predicted molar refractivity (Wildman–Crippen MR) is 96.9 cm³/mol. The fourth-order valence-corrected chi connectivity index (χ4v) is 2.97. The summed E-state index contributed by atoms with van der Waals surface area (Å²) < 4.78 is 11.7. The maximum Gasteiger partial charge on any atom is 1.00 e. The Morgan fingerprint density at radius 1 is 1.25 bits per heavy atom. The predicted octanol–water partition coefficient (Wildman–Crippen LogP) is 1.37. The van der Waals surface area contributed by atoms with Crippen molar-refractivity contribution in [3.05, 3.63) is 23.8 Å². The van der Waals surface area contributed by atoms with Gasteiger partial charge in [0.05, 0.1) is 7.11 Å². The van der Waals surface area contributed by atoms with Gasteiger partial charge in [0.1, 0.15) is 0 Å². The van der Waals surface area contributed by atoms with Crippen molar-refractivity contribution in [1.82, 2.24) is 4.90 Å². The van der Waals surface area contributed by atoms with E-state index in [4.69, 9.17) is 9.16 Å². The van der Waals surface area contributed by atoms with Gasteiger partial charge in [0, 0.05) is 24.6 Å². The molecule has 24 heavy (non-hydrogen) atoms. The minimum absolute atomic E-state index is 0.